The van der Waals surface area contributed by atoms with Gasteiger partial charge in [0.1, 0.15) is 16.5 Å². The average molecular weight is 421 g/mol. The van der Waals surface area contributed by atoms with Crippen LogP contribution in [0, 0.1) is 0 Å². The lowest BCUT2D eigenvalue weighted by Crippen LogP contribution is -2.49. The van der Waals surface area contributed by atoms with Gasteiger partial charge in [-0.05, 0) is 36.8 Å². The van der Waals surface area contributed by atoms with Gasteiger partial charge in [0.2, 0.25) is 5.91 Å². The fraction of sp³-hybridized carbons (Fsp3) is 0.458. The molecule has 3 heterocycles. The summed E-state index contributed by atoms with van der Waals surface area (Å²) in [5, 5.41) is 1.28. The number of aromatic nitrogens is 2. The van der Waals surface area contributed by atoms with Crippen LogP contribution in [0.1, 0.15) is 48.0 Å². The summed E-state index contributed by atoms with van der Waals surface area (Å²) in [4.78, 5) is 29.2. The molecule has 1 aliphatic carbocycles. The second-order valence-electron chi connectivity index (χ2n) is 8.24. The number of rotatable bonds is 4. The maximum Gasteiger partial charge on any atom is 0.222 e. The summed E-state index contributed by atoms with van der Waals surface area (Å²) in [6, 6.07) is 10.5. The van der Waals surface area contributed by atoms with Crippen LogP contribution in [0.5, 0.6) is 0 Å². The van der Waals surface area contributed by atoms with Gasteiger partial charge in [0.15, 0.2) is 0 Å². The van der Waals surface area contributed by atoms with Crippen LogP contribution in [0.2, 0.25) is 0 Å². The van der Waals surface area contributed by atoms with Gasteiger partial charge in [0, 0.05) is 43.9 Å². The molecule has 0 unspecified atom stereocenters. The van der Waals surface area contributed by atoms with Gasteiger partial charge in [0.05, 0.1) is 5.39 Å². The van der Waals surface area contributed by atoms with Crippen molar-refractivity contribution >= 4 is 33.3 Å². The zero-order valence-corrected chi connectivity index (χ0v) is 18.4. The quantitative estimate of drug-likeness (QED) is 0.634. The number of thiophene rings is 1. The van der Waals surface area contributed by atoms with Gasteiger partial charge < -0.3 is 9.80 Å². The van der Waals surface area contributed by atoms with E-state index in [1.165, 1.54) is 40.7 Å². The van der Waals surface area contributed by atoms with Crippen LogP contribution in [0.3, 0.4) is 0 Å². The highest BCUT2D eigenvalue weighted by atomic mass is 32.1. The highest BCUT2D eigenvalue weighted by molar-refractivity contribution is 7.19. The summed E-state index contributed by atoms with van der Waals surface area (Å²) in [7, 11) is 0. The first-order valence-corrected chi connectivity index (χ1v) is 11.9. The van der Waals surface area contributed by atoms with Crippen LogP contribution in [-0.2, 0) is 24.1 Å². The van der Waals surface area contributed by atoms with Gasteiger partial charge >= 0.3 is 0 Å². The zero-order chi connectivity index (χ0) is 20.5. The van der Waals surface area contributed by atoms with E-state index in [9.17, 15) is 4.79 Å². The van der Waals surface area contributed by atoms with Crippen molar-refractivity contribution in [3.05, 3.63) is 52.2 Å². The Hall–Kier alpha value is -2.47. The van der Waals surface area contributed by atoms with Crippen LogP contribution >= 0.6 is 11.3 Å². The molecule has 5 rings (SSSR count). The first-order valence-electron chi connectivity index (χ1n) is 11.1. The molecule has 1 aromatic carbocycles. The Labute approximate surface area is 181 Å². The zero-order valence-electron chi connectivity index (χ0n) is 17.6. The Kier molecular flexibility index (Phi) is 5.42. The summed E-state index contributed by atoms with van der Waals surface area (Å²) in [6.45, 7) is 5.17. The molecular formula is C24H28N4OS. The van der Waals surface area contributed by atoms with Gasteiger partial charge in [-0.25, -0.2) is 9.97 Å². The molecule has 0 bridgehead atoms. The van der Waals surface area contributed by atoms with Crippen molar-refractivity contribution in [2.75, 3.05) is 31.1 Å². The molecule has 6 heteroatoms. The average Bonchev–Trinajstić information content (AvgIpc) is 3.17. The number of carbonyl (C=O) groups excluding carboxylic acids is 1. The van der Waals surface area contributed by atoms with Crippen molar-refractivity contribution < 1.29 is 4.79 Å². The van der Waals surface area contributed by atoms with E-state index in [1.54, 1.807) is 0 Å². The number of carbonyl (C=O) groups is 1. The number of benzene rings is 1. The second-order valence-corrected chi connectivity index (χ2v) is 9.32. The summed E-state index contributed by atoms with van der Waals surface area (Å²) in [5.41, 5.74) is 2.72. The van der Waals surface area contributed by atoms with Crippen molar-refractivity contribution in [2.45, 2.75) is 45.4 Å². The number of hydrogen-bond acceptors (Lipinski definition) is 5. The Balaban J connectivity index is 1.53. The Morgan fingerprint density at radius 2 is 1.80 bits per heavy atom. The Morgan fingerprint density at radius 1 is 1.03 bits per heavy atom. The van der Waals surface area contributed by atoms with E-state index in [-0.39, 0.29) is 5.91 Å². The molecule has 1 aliphatic heterocycles. The summed E-state index contributed by atoms with van der Waals surface area (Å²) >= 11 is 1.87. The van der Waals surface area contributed by atoms with Crippen molar-refractivity contribution in [1.29, 1.82) is 0 Å². The second kappa shape index (κ2) is 8.34. The molecule has 0 N–H and O–H groups in total. The fourth-order valence-electron chi connectivity index (χ4n) is 4.66. The monoisotopic (exact) mass is 420 g/mol. The van der Waals surface area contributed by atoms with E-state index in [0.717, 1.165) is 55.5 Å². The van der Waals surface area contributed by atoms with E-state index in [0.29, 0.717) is 6.42 Å². The van der Waals surface area contributed by atoms with Crippen molar-refractivity contribution in [2.24, 2.45) is 0 Å². The van der Waals surface area contributed by atoms with E-state index in [2.05, 4.69) is 29.2 Å². The molecule has 1 amide bonds. The molecule has 1 fully saturated rings. The SMILES string of the molecule is CCC(=O)N1CCN(c2nc(Cc3ccccc3)nc3sc4c(c23)CCCC4)CC1. The number of nitrogens with zero attached hydrogens (tertiary/aromatic N) is 4. The fourth-order valence-corrected chi connectivity index (χ4v) is 5.93. The molecule has 5 nitrogen and oxygen atoms in total. The third-order valence-electron chi connectivity index (χ3n) is 6.28. The van der Waals surface area contributed by atoms with Gasteiger partial charge in [-0.1, -0.05) is 37.3 Å². The molecule has 2 aliphatic rings. The normalized spacial score (nSPS) is 16.7. The first kappa shape index (κ1) is 19.5. The lowest BCUT2D eigenvalue weighted by molar-refractivity contribution is -0.131. The predicted molar refractivity (Wildman–Crippen MR) is 122 cm³/mol. The first-order chi connectivity index (χ1) is 14.7. The number of fused-ring (bicyclic) bond motifs is 3. The lowest BCUT2D eigenvalue weighted by atomic mass is 9.96. The maximum atomic E-state index is 12.1. The minimum absolute atomic E-state index is 0.250. The number of aryl methyl sites for hydroxylation is 2. The molecule has 2 aromatic heterocycles. The molecule has 1 saturated heterocycles. The van der Waals surface area contributed by atoms with Gasteiger partial charge in [-0.2, -0.15) is 0 Å². The van der Waals surface area contributed by atoms with Crippen LogP contribution in [-0.4, -0.2) is 47.0 Å². The van der Waals surface area contributed by atoms with Crippen molar-refractivity contribution in [3.8, 4) is 0 Å². The highest BCUT2D eigenvalue weighted by Crippen LogP contribution is 2.40. The summed E-state index contributed by atoms with van der Waals surface area (Å²) < 4.78 is 0. The maximum absolute atomic E-state index is 12.1. The molecule has 0 saturated carbocycles. The molecular weight excluding hydrogens is 392 g/mol. The third-order valence-corrected chi connectivity index (χ3v) is 7.47. The number of piperazine rings is 1. The standard InChI is InChI=1S/C24H28N4OS/c1-2-21(29)27-12-14-28(15-13-27)23-22-18-10-6-7-11-19(18)30-24(22)26-20(25-23)16-17-8-4-3-5-9-17/h3-5,8-9H,2,6-7,10-16H2,1H3. The van der Waals surface area contributed by atoms with Crippen LogP contribution < -0.4 is 4.90 Å². The van der Waals surface area contributed by atoms with Gasteiger partial charge in [-0.15, -0.1) is 11.3 Å². The molecule has 30 heavy (non-hydrogen) atoms. The van der Waals surface area contributed by atoms with E-state index >= 15 is 0 Å². The largest absolute Gasteiger partial charge is 0.352 e. The molecule has 156 valence electrons. The number of hydrogen-bond donors (Lipinski definition) is 0. The Morgan fingerprint density at radius 3 is 2.57 bits per heavy atom. The topological polar surface area (TPSA) is 49.3 Å². The smallest absolute Gasteiger partial charge is 0.222 e. The predicted octanol–water partition coefficient (Wildman–Crippen LogP) is 4.22. The summed E-state index contributed by atoms with van der Waals surface area (Å²) in [6.07, 6.45) is 6.17. The minimum atomic E-state index is 0.250. The van der Waals surface area contributed by atoms with Crippen molar-refractivity contribution in [1.82, 2.24) is 14.9 Å². The molecule has 0 radical (unpaired) electrons. The van der Waals surface area contributed by atoms with Crippen LogP contribution in [0.15, 0.2) is 30.3 Å². The van der Waals surface area contributed by atoms with Gasteiger partial charge in [0.25, 0.3) is 0 Å². The number of amides is 1. The Bertz CT molecular complexity index is 1050. The number of anilines is 1. The van der Waals surface area contributed by atoms with E-state index in [1.807, 2.05) is 29.2 Å². The van der Waals surface area contributed by atoms with Crippen LogP contribution in [0.4, 0.5) is 5.82 Å². The third kappa shape index (κ3) is 3.69. The molecule has 0 atom stereocenters. The van der Waals surface area contributed by atoms with E-state index in [4.69, 9.17) is 9.97 Å². The minimum Gasteiger partial charge on any atom is -0.352 e. The highest BCUT2D eigenvalue weighted by Gasteiger charge is 2.27. The van der Waals surface area contributed by atoms with Crippen molar-refractivity contribution in [3.63, 3.8) is 0 Å². The van der Waals surface area contributed by atoms with E-state index < -0.39 is 0 Å². The molecule has 0 spiro atoms. The van der Waals surface area contributed by atoms with Crippen LogP contribution in [0.25, 0.3) is 10.2 Å². The van der Waals surface area contributed by atoms with Gasteiger partial charge in [-0.3, -0.25) is 4.79 Å². The molecule has 3 aromatic rings. The summed E-state index contributed by atoms with van der Waals surface area (Å²) in [5.74, 6) is 2.24. The lowest BCUT2D eigenvalue weighted by Gasteiger charge is -2.36.